The van der Waals surface area contributed by atoms with Crippen LogP contribution < -0.4 is 0 Å². The first-order valence-corrected chi connectivity index (χ1v) is 19.7. The summed E-state index contributed by atoms with van der Waals surface area (Å²) in [5.41, 5.74) is 0. The molecule has 0 aromatic heterocycles. The molecule has 0 aliphatic heterocycles. The summed E-state index contributed by atoms with van der Waals surface area (Å²) in [6.45, 7) is 6.52. The van der Waals surface area contributed by atoms with Crippen molar-refractivity contribution < 1.29 is 28.6 Å². The highest BCUT2D eigenvalue weighted by Crippen LogP contribution is 2.13. The van der Waals surface area contributed by atoms with Gasteiger partial charge in [0.05, 0.1) is 0 Å². The Bertz CT molecular complexity index is 719. The fourth-order valence-electron chi connectivity index (χ4n) is 5.49. The van der Waals surface area contributed by atoms with Crippen molar-refractivity contribution in [2.75, 3.05) is 13.2 Å². The van der Waals surface area contributed by atoms with E-state index in [1.807, 2.05) is 0 Å². The fourth-order valence-corrected chi connectivity index (χ4v) is 5.49. The van der Waals surface area contributed by atoms with Crippen molar-refractivity contribution in [2.45, 2.75) is 213 Å². The number of ether oxygens (including phenoxy) is 3. The molecular weight excluding hydrogens is 576 g/mol. The molecule has 46 heavy (non-hydrogen) atoms. The maximum atomic E-state index is 12.6. The predicted molar refractivity (Wildman–Crippen MR) is 192 cm³/mol. The minimum Gasteiger partial charge on any atom is -0.462 e. The summed E-state index contributed by atoms with van der Waals surface area (Å²) in [4.78, 5) is 37.3. The largest absolute Gasteiger partial charge is 0.462 e. The molecule has 0 heterocycles. The molecule has 0 bridgehead atoms. The van der Waals surface area contributed by atoms with Crippen LogP contribution in [-0.4, -0.2) is 37.2 Å². The van der Waals surface area contributed by atoms with Gasteiger partial charge >= 0.3 is 17.9 Å². The molecule has 0 aromatic carbocycles. The third-order valence-electron chi connectivity index (χ3n) is 8.52. The zero-order valence-corrected chi connectivity index (χ0v) is 30.6. The lowest BCUT2D eigenvalue weighted by atomic mass is 10.1. The van der Waals surface area contributed by atoms with Gasteiger partial charge in [-0.15, -0.1) is 0 Å². The molecule has 0 radical (unpaired) electrons. The highest BCUT2D eigenvalue weighted by Gasteiger charge is 2.19. The summed E-state index contributed by atoms with van der Waals surface area (Å²) in [5.74, 6) is -0.892. The minimum absolute atomic E-state index is 0.0707. The molecule has 1 unspecified atom stereocenters. The molecule has 1 atom stereocenters. The van der Waals surface area contributed by atoms with Gasteiger partial charge in [0.1, 0.15) is 13.2 Å². The summed E-state index contributed by atoms with van der Waals surface area (Å²) < 4.78 is 16.5. The molecule has 0 saturated carbocycles. The monoisotopic (exact) mass is 651 g/mol. The van der Waals surface area contributed by atoms with E-state index in [1.54, 1.807) is 0 Å². The first kappa shape index (κ1) is 44.1. The van der Waals surface area contributed by atoms with Crippen LogP contribution in [0.1, 0.15) is 207 Å². The zero-order chi connectivity index (χ0) is 33.8. The quantitative estimate of drug-likeness (QED) is 0.0294. The van der Waals surface area contributed by atoms with Crippen LogP contribution in [0, 0.1) is 0 Å². The Morgan fingerprint density at radius 3 is 1.13 bits per heavy atom. The number of hydrogen-bond donors (Lipinski definition) is 0. The number of carbonyl (C=O) groups excluding carboxylic acids is 3. The Kier molecular flexibility index (Phi) is 34.5. The van der Waals surface area contributed by atoms with E-state index in [1.165, 1.54) is 103 Å². The molecule has 0 aromatic rings. The van der Waals surface area contributed by atoms with E-state index in [0.717, 1.165) is 64.2 Å². The Morgan fingerprint density at radius 1 is 0.413 bits per heavy atom. The average molecular weight is 651 g/mol. The molecule has 0 aliphatic rings. The second-order valence-electron chi connectivity index (χ2n) is 13.2. The van der Waals surface area contributed by atoms with E-state index in [-0.39, 0.29) is 31.1 Å². The molecule has 0 N–H and O–H groups in total. The van der Waals surface area contributed by atoms with Gasteiger partial charge in [0.2, 0.25) is 0 Å². The third-order valence-corrected chi connectivity index (χ3v) is 8.52. The number of hydrogen-bond acceptors (Lipinski definition) is 6. The number of rotatable bonds is 35. The third kappa shape index (κ3) is 33.5. The van der Waals surface area contributed by atoms with E-state index in [0.29, 0.717) is 19.3 Å². The standard InChI is InChI=1S/C40H74O6/c1-4-7-10-13-16-18-20-21-23-24-27-30-33-39(42)45-36-37(35-44-38(41)32-29-26-15-12-9-6-3)46-40(43)34-31-28-25-22-19-17-14-11-8-5-2/h16,18,37H,4-15,17,19-36H2,1-3H3/b18-16-. The van der Waals surface area contributed by atoms with Crippen molar-refractivity contribution in [1.29, 1.82) is 0 Å². The van der Waals surface area contributed by atoms with Crippen LogP contribution in [-0.2, 0) is 28.6 Å². The van der Waals surface area contributed by atoms with Crippen LogP contribution in [0.5, 0.6) is 0 Å². The lowest BCUT2D eigenvalue weighted by molar-refractivity contribution is -0.167. The highest BCUT2D eigenvalue weighted by molar-refractivity contribution is 5.71. The van der Waals surface area contributed by atoms with Gasteiger partial charge in [-0.05, 0) is 44.9 Å². The first-order chi connectivity index (χ1) is 22.5. The minimum atomic E-state index is -0.761. The molecule has 6 heteroatoms. The number of carbonyl (C=O) groups is 3. The fraction of sp³-hybridized carbons (Fsp3) is 0.875. The molecule has 270 valence electrons. The van der Waals surface area contributed by atoms with Crippen LogP contribution >= 0.6 is 0 Å². The van der Waals surface area contributed by atoms with Crippen LogP contribution in [0.4, 0.5) is 0 Å². The van der Waals surface area contributed by atoms with Gasteiger partial charge < -0.3 is 14.2 Å². The van der Waals surface area contributed by atoms with Gasteiger partial charge in [0.15, 0.2) is 6.10 Å². The van der Waals surface area contributed by atoms with Crippen LogP contribution in [0.15, 0.2) is 12.2 Å². The van der Waals surface area contributed by atoms with Gasteiger partial charge in [-0.2, -0.15) is 0 Å². The van der Waals surface area contributed by atoms with Crippen molar-refractivity contribution in [3.05, 3.63) is 12.2 Å². The van der Waals surface area contributed by atoms with Gasteiger partial charge in [-0.3, -0.25) is 14.4 Å². The van der Waals surface area contributed by atoms with Crippen molar-refractivity contribution in [1.82, 2.24) is 0 Å². The molecule has 0 aliphatic carbocycles. The van der Waals surface area contributed by atoms with E-state index >= 15 is 0 Å². The molecule has 0 fully saturated rings. The van der Waals surface area contributed by atoms with Crippen LogP contribution in [0.3, 0.4) is 0 Å². The maximum Gasteiger partial charge on any atom is 0.306 e. The summed E-state index contributed by atoms with van der Waals surface area (Å²) in [5, 5.41) is 0. The second-order valence-corrected chi connectivity index (χ2v) is 13.2. The first-order valence-electron chi connectivity index (χ1n) is 19.7. The lowest BCUT2D eigenvalue weighted by Crippen LogP contribution is -2.30. The molecular formula is C40H74O6. The summed E-state index contributed by atoms with van der Waals surface area (Å²) in [7, 11) is 0. The van der Waals surface area contributed by atoms with Crippen molar-refractivity contribution in [2.24, 2.45) is 0 Å². The Morgan fingerprint density at radius 2 is 0.717 bits per heavy atom. The van der Waals surface area contributed by atoms with Crippen molar-refractivity contribution in [3.8, 4) is 0 Å². The Balaban J connectivity index is 4.32. The normalized spacial score (nSPS) is 12.0. The van der Waals surface area contributed by atoms with E-state index < -0.39 is 6.10 Å². The van der Waals surface area contributed by atoms with Crippen molar-refractivity contribution >= 4 is 17.9 Å². The number of unbranched alkanes of at least 4 members (excludes halogenated alkanes) is 22. The van der Waals surface area contributed by atoms with Gasteiger partial charge in [0.25, 0.3) is 0 Å². The van der Waals surface area contributed by atoms with E-state index in [2.05, 4.69) is 32.9 Å². The number of allylic oxidation sites excluding steroid dienone is 2. The van der Waals surface area contributed by atoms with E-state index in [9.17, 15) is 14.4 Å². The lowest BCUT2D eigenvalue weighted by Gasteiger charge is -2.18. The molecule has 0 saturated heterocycles. The summed E-state index contributed by atoms with van der Waals surface area (Å²) in [6, 6.07) is 0. The molecule has 0 amide bonds. The number of esters is 3. The molecule has 6 nitrogen and oxygen atoms in total. The smallest absolute Gasteiger partial charge is 0.306 e. The highest BCUT2D eigenvalue weighted by atomic mass is 16.6. The zero-order valence-electron chi connectivity index (χ0n) is 30.6. The average Bonchev–Trinajstić information content (AvgIpc) is 3.05. The van der Waals surface area contributed by atoms with Crippen LogP contribution in [0.25, 0.3) is 0 Å². The van der Waals surface area contributed by atoms with Gasteiger partial charge in [0, 0.05) is 19.3 Å². The Hall–Kier alpha value is -1.85. The topological polar surface area (TPSA) is 78.9 Å². The SMILES string of the molecule is CCCCC/C=C\CCCCCCCC(=O)OCC(COC(=O)CCCCCCCC)OC(=O)CCCCCCCCCCCC. The maximum absolute atomic E-state index is 12.6. The molecule has 0 rings (SSSR count). The van der Waals surface area contributed by atoms with E-state index in [4.69, 9.17) is 14.2 Å². The van der Waals surface area contributed by atoms with Gasteiger partial charge in [-0.1, -0.05) is 155 Å². The predicted octanol–water partition coefficient (Wildman–Crippen LogP) is 11.9. The second kappa shape index (κ2) is 36.0. The molecule has 0 spiro atoms. The summed E-state index contributed by atoms with van der Waals surface area (Å²) in [6.07, 6.45) is 34.9. The Labute approximate surface area is 284 Å². The summed E-state index contributed by atoms with van der Waals surface area (Å²) >= 11 is 0. The van der Waals surface area contributed by atoms with Crippen molar-refractivity contribution in [3.63, 3.8) is 0 Å². The van der Waals surface area contributed by atoms with Gasteiger partial charge in [-0.25, -0.2) is 0 Å². The van der Waals surface area contributed by atoms with Crippen LogP contribution in [0.2, 0.25) is 0 Å².